The summed E-state index contributed by atoms with van der Waals surface area (Å²) in [5.41, 5.74) is 26.8. The summed E-state index contributed by atoms with van der Waals surface area (Å²) in [6.07, 6.45) is 1.03. The van der Waals surface area contributed by atoms with Crippen LogP contribution in [-0.4, -0.2) is 0 Å². The van der Waals surface area contributed by atoms with Crippen LogP contribution in [0.1, 0.15) is 75.0 Å². The molecular weight excluding hydrogens is 697 g/mol. The van der Waals surface area contributed by atoms with Gasteiger partial charge in [0.05, 0.1) is 5.41 Å². The van der Waals surface area contributed by atoms with Crippen molar-refractivity contribution < 1.29 is 0 Å². The fourth-order valence-corrected chi connectivity index (χ4v) is 10.4. The van der Waals surface area contributed by atoms with E-state index in [0.29, 0.717) is 0 Å². The summed E-state index contributed by atoms with van der Waals surface area (Å²) in [4.78, 5) is 0. The highest BCUT2D eigenvalue weighted by atomic mass is 14.6. The second kappa shape index (κ2) is 13.9. The van der Waals surface area contributed by atoms with Crippen molar-refractivity contribution in [2.45, 2.75) is 51.9 Å². The molecule has 0 N–H and O–H groups in total. The van der Waals surface area contributed by atoms with Crippen LogP contribution in [0.25, 0.3) is 39.0 Å². The summed E-state index contributed by atoms with van der Waals surface area (Å²) < 4.78 is 0. The van der Waals surface area contributed by atoms with Crippen LogP contribution in [0.15, 0.2) is 194 Å². The Labute approximate surface area is 344 Å². The maximum Gasteiger partial charge on any atom is 0.0692 e. The fourth-order valence-electron chi connectivity index (χ4n) is 10.4. The monoisotopic (exact) mass is 744 g/mol. The van der Waals surface area contributed by atoms with E-state index in [1.807, 2.05) is 6.07 Å². The van der Waals surface area contributed by atoms with Crippen LogP contribution in [0.4, 0.5) is 0 Å². The smallest absolute Gasteiger partial charge is 0.0622 e. The highest BCUT2D eigenvalue weighted by Crippen LogP contribution is 2.65. The van der Waals surface area contributed by atoms with Gasteiger partial charge in [-0.15, -0.1) is 0 Å². The second-order valence-electron chi connectivity index (χ2n) is 17.0. The molecular formula is C58H48. The molecule has 0 heterocycles. The number of rotatable bonds is 1. The van der Waals surface area contributed by atoms with Crippen molar-refractivity contribution in [3.05, 3.63) is 255 Å². The van der Waals surface area contributed by atoms with E-state index in [0.717, 1.165) is 6.42 Å². The van der Waals surface area contributed by atoms with Crippen LogP contribution in [0.5, 0.6) is 0 Å². The lowest BCUT2D eigenvalue weighted by atomic mass is 9.68. The highest BCUT2D eigenvalue weighted by Gasteiger charge is 2.54. The van der Waals surface area contributed by atoms with E-state index in [-0.39, 0.29) is 10.8 Å². The molecule has 0 heteroatoms. The summed E-state index contributed by atoms with van der Waals surface area (Å²) >= 11 is 0. The molecule has 0 saturated carbocycles. The Morgan fingerprint density at radius 1 is 0.345 bits per heavy atom. The van der Waals surface area contributed by atoms with Gasteiger partial charge < -0.3 is 0 Å². The zero-order valence-electron chi connectivity index (χ0n) is 34.1. The Balaban J connectivity index is 0.000000119. The molecule has 0 aliphatic heterocycles. The Morgan fingerprint density at radius 3 is 1.47 bits per heavy atom. The first-order valence-corrected chi connectivity index (χ1v) is 20.7. The molecule has 0 radical (unpaired) electrons. The van der Waals surface area contributed by atoms with Crippen molar-refractivity contribution in [2.24, 2.45) is 0 Å². The first-order valence-electron chi connectivity index (χ1n) is 20.7. The Hall–Kier alpha value is -6.50. The molecule has 0 amide bonds. The molecule has 8 aromatic rings. The Kier molecular flexibility index (Phi) is 8.57. The van der Waals surface area contributed by atoms with Crippen LogP contribution in [-0.2, 0) is 17.3 Å². The topological polar surface area (TPSA) is 0 Å². The minimum Gasteiger partial charge on any atom is -0.0622 e. The average molecular weight is 745 g/mol. The molecule has 0 aromatic heterocycles. The van der Waals surface area contributed by atoms with Crippen LogP contribution < -0.4 is 0 Å². The zero-order valence-corrected chi connectivity index (χ0v) is 34.1. The number of aryl methyl sites for hydroxylation is 3. The molecule has 4 aliphatic rings. The van der Waals surface area contributed by atoms with Crippen LogP contribution in [0.3, 0.4) is 0 Å². The first kappa shape index (κ1) is 35.9. The number of allylic oxidation sites excluding steroid dienone is 1. The molecule has 1 spiro atoms. The summed E-state index contributed by atoms with van der Waals surface area (Å²) in [5.74, 6) is 0. The van der Waals surface area contributed by atoms with E-state index < -0.39 is 0 Å². The molecule has 0 saturated heterocycles. The predicted molar refractivity (Wildman–Crippen MR) is 244 cm³/mol. The molecule has 8 aromatic carbocycles. The van der Waals surface area contributed by atoms with Gasteiger partial charge in [0.25, 0.3) is 0 Å². The van der Waals surface area contributed by atoms with Gasteiger partial charge >= 0.3 is 0 Å². The predicted octanol–water partition coefficient (Wildman–Crippen LogP) is 14.6. The standard InChI is InChI=1S/C29H20.C16H16.C13H12/c1-18-14-15-22-21-10-4-6-12-24(21)29(26(22)16-18)25-13-7-5-11-23(25)28-20-9-3-2-8-19(20)17-27(28)29;1-11-8-9-13-12-6-4-5-7-14(12)16(2,3)15(13)10-11;1-11-7-9-13(10-8-11)12-5-3-2-4-6-12/h2-16H,17H2,1H3;4-10H,1-3H3;2-10H,1H3. The molecule has 280 valence electrons. The molecule has 0 fully saturated rings. The summed E-state index contributed by atoms with van der Waals surface area (Å²) in [6, 6.07) is 68.8. The minimum absolute atomic E-state index is 0.151. The van der Waals surface area contributed by atoms with E-state index in [9.17, 15) is 0 Å². The van der Waals surface area contributed by atoms with Crippen LogP contribution in [0, 0.1) is 20.8 Å². The summed E-state index contributed by atoms with van der Waals surface area (Å²) in [5, 5.41) is 0. The summed E-state index contributed by atoms with van der Waals surface area (Å²) in [6.45, 7) is 11.1. The van der Waals surface area contributed by atoms with E-state index in [1.165, 1.54) is 100 Å². The lowest BCUT2D eigenvalue weighted by Gasteiger charge is -2.32. The van der Waals surface area contributed by atoms with Gasteiger partial charge in [-0.05, 0) is 116 Å². The van der Waals surface area contributed by atoms with Crippen LogP contribution >= 0.6 is 0 Å². The van der Waals surface area contributed by atoms with Crippen molar-refractivity contribution >= 4 is 5.57 Å². The highest BCUT2D eigenvalue weighted by molar-refractivity contribution is 6.01. The minimum atomic E-state index is -0.164. The third kappa shape index (κ3) is 5.50. The third-order valence-corrected chi connectivity index (χ3v) is 13.1. The van der Waals surface area contributed by atoms with Crippen molar-refractivity contribution in [2.75, 3.05) is 0 Å². The van der Waals surface area contributed by atoms with Crippen molar-refractivity contribution in [3.63, 3.8) is 0 Å². The van der Waals surface area contributed by atoms with E-state index >= 15 is 0 Å². The molecule has 0 bridgehead atoms. The van der Waals surface area contributed by atoms with Gasteiger partial charge in [0.2, 0.25) is 0 Å². The second-order valence-corrected chi connectivity index (χ2v) is 17.0. The third-order valence-electron chi connectivity index (χ3n) is 13.1. The quantitative estimate of drug-likeness (QED) is 0.157. The van der Waals surface area contributed by atoms with Gasteiger partial charge in [-0.1, -0.05) is 219 Å². The lowest BCUT2D eigenvalue weighted by Crippen LogP contribution is -2.28. The number of hydrogen-bond donors (Lipinski definition) is 0. The molecule has 0 nitrogen and oxygen atoms in total. The van der Waals surface area contributed by atoms with E-state index in [4.69, 9.17) is 0 Å². The largest absolute Gasteiger partial charge is 0.0692 e. The van der Waals surface area contributed by atoms with Crippen molar-refractivity contribution in [1.82, 2.24) is 0 Å². The van der Waals surface area contributed by atoms with Crippen LogP contribution in [0.2, 0.25) is 0 Å². The van der Waals surface area contributed by atoms with E-state index in [2.05, 4.69) is 217 Å². The molecule has 4 aliphatic carbocycles. The van der Waals surface area contributed by atoms with Gasteiger partial charge in [-0.2, -0.15) is 0 Å². The first-order chi connectivity index (χ1) is 28.3. The molecule has 58 heavy (non-hydrogen) atoms. The maximum atomic E-state index is 2.44. The number of benzene rings is 8. The molecule has 12 rings (SSSR count). The number of fused-ring (bicyclic) bond motifs is 14. The van der Waals surface area contributed by atoms with E-state index in [1.54, 1.807) is 5.57 Å². The van der Waals surface area contributed by atoms with Gasteiger partial charge in [0.15, 0.2) is 0 Å². The van der Waals surface area contributed by atoms with Crippen molar-refractivity contribution in [1.29, 1.82) is 0 Å². The van der Waals surface area contributed by atoms with Crippen molar-refractivity contribution in [3.8, 4) is 33.4 Å². The van der Waals surface area contributed by atoms with Gasteiger partial charge in [-0.3, -0.25) is 0 Å². The van der Waals surface area contributed by atoms with Gasteiger partial charge in [0.1, 0.15) is 0 Å². The summed E-state index contributed by atoms with van der Waals surface area (Å²) in [7, 11) is 0. The Morgan fingerprint density at radius 2 is 0.793 bits per heavy atom. The normalized spacial score (nSPS) is 16.4. The molecule has 1 unspecified atom stereocenters. The fraction of sp³-hybridized carbons (Fsp3) is 0.138. The lowest BCUT2D eigenvalue weighted by molar-refractivity contribution is 0.660. The number of hydrogen-bond acceptors (Lipinski definition) is 0. The average Bonchev–Trinajstić information content (AvgIpc) is 3.94. The maximum absolute atomic E-state index is 2.44. The molecule has 1 atom stereocenters. The SMILES string of the molecule is Cc1ccc(-c2ccccc2)cc1.Cc1ccc2c(c1)C(C)(C)c1ccccc1-2.Cc1ccc2c(c1)C1(C3=C(c4ccccc4C3)c3ccccc31)c1ccccc1-2. The zero-order chi connectivity index (χ0) is 39.6. The van der Waals surface area contributed by atoms with Gasteiger partial charge in [-0.25, -0.2) is 0 Å². The van der Waals surface area contributed by atoms with Gasteiger partial charge in [0, 0.05) is 5.41 Å². The Bertz CT molecular complexity index is 2900.